The molecule has 0 unspecified atom stereocenters. The lowest BCUT2D eigenvalue weighted by atomic mass is 9.78. The maximum Gasteiger partial charge on any atom is 0.312 e. The molecule has 2 aromatic rings. The van der Waals surface area contributed by atoms with Gasteiger partial charge in [-0.25, -0.2) is 0 Å². The molecule has 3 heterocycles. The Hall–Kier alpha value is -5.12. The average Bonchev–Trinajstić information content (AvgIpc) is 3.52. The van der Waals surface area contributed by atoms with E-state index in [1.54, 1.807) is 39.8 Å². The number of benzene rings is 2. The monoisotopic (exact) mass is 894 g/mol. The molecule has 0 spiro atoms. The number of phenolic OH excluding ortho intramolecular Hbond substituents is 3. The minimum atomic E-state index is -2.06. The molecule has 5 rings (SSSR count). The number of Topliss-reactive ketones (excluding diaryl/α,β-unsaturated/α-hetero) is 1. The molecule has 0 saturated heterocycles. The van der Waals surface area contributed by atoms with E-state index in [0.717, 1.165) is 31.9 Å². The smallest absolute Gasteiger partial charge is 0.312 e. The predicted octanol–water partition coefficient (Wildman–Crippen LogP) is 8.64. The highest BCUT2D eigenvalue weighted by molar-refractivity contribution is 6.23. The summed E-state index contributed by atoms with van der Waals surface area (Å²) in [5, 5.41) is 64.6. The van der Waals surface area contributed by atoms with Gasteiger partial charge in [0.1, 0.15) is 30.0 Å². The number of phenols is 3. The van der Waals surface area contributed by atoms with E-state index in [-0.39, 0.29) is 51.1 Å². The molecule has 5 bridgehead atoms. The van der Waals surface area contributed by atoms with Gasteiger partial charge >= 0.3 is 11.8 Å². The number of aromatic hydroxyl groups is 3. The van der Waals surface area contributed by atoms with Crippen molar-refractivity contribution in [2.24, 2.45) is 28.8 Å². The van der Waals surface area contributed by atoms with Crippen LogP contribution < -0.4 is 10.1 Å². The van der Waals surface area contributed by atoms with Crippen LogP contribution >= 0.6 is 0 Å². The molecule has 0 radical (unpaired) electrons. The second kappa shape index (κ2) is 23.2. The number of fused-ring (bicyclic) bond motifs is 14. The highest BCUT2D eigenvalue weighted by atomic mass is 16.7. The Balaban J connectivity index is 1.82. The molecule has 15 nitrogen and oxygen atoms in total. The zero-order chi connectivity index (χ0) is 47.5. The van der Waals surface area contributed by atoms with Gasteiger partial charge in [-0.05, 0) is 32.8 Å². The van der Waals surface area contributed by atoms with Gasteiger partial charge in [0, 0.05) is 61.2 Å². The quantitative estimate of drug-likeness (QED) is 0.0261. The first-order valence-electron chi connectivity index (χ1n) is 22.6. The molecule has 0 aromatic heterocycles. The van der Waals surface area contributed by atoms with Crippen LogP contribution in [0.5, 0.6) is 23.0 Å². The largest absolute Gasteiger partial charge is 0.507 e. The molecule has 15 heteroatoms. The molecule has 1 amide bonds. The van der Waals surface area contributed by atoms with Gasteiger partial charge in [-0.1, -0.05) is 103 Å². The molecular formula is C49H70N2O13. The van der Waals surface area contributed by atoms with Gasteiger partial charge in [-0.3, -0.25) is 14.4 Å². The molecule has 9 atom stereocenters. The lowest BCUT2D eigenvalue weighted by Gasteiger charge is -2.38. The zero-order valence-electron chi connectivity index (χ0n) is 39.1. The Kier molecular flexibility index (Phi) is 18.7. The third-order valence-electron chi connectivity index (χ3n) is 12.6. The van der Waals surface area contributed by atoms with Crippen LogP contribution in [0.4, 0.5) is 5.69 Å². The number of allylic oxidation sites excluding steroid dienone is 2. The van der Waals surface area contributed by atoms with Gasteiger partial charge < -0.3 is 54.6 Å². The number of amides is 1. The number of hydrogen-bond donors (Lipinski definition) is 6. The first-order valence-corrected chi connectivity index (χ1v) is 22.6. The van der Waals surface area contributed by atoms with E-state index in [1.807, 2.05) is 0 Å². The van der Waals surface area contributed by atoms with E-state index in [9.17, 15) is 39.9 Å². The lowest BCUT2D eigenvalue weighted by molar-refractivity contribution is -0.160. The van der Waals surface area contributed by atoms with Gasteiger partial charge in [-0.15, -0.1) is 0 Å². The summed E-state index contributed by atoms with van der Waals surface area (Å²) in [6.07, 6.45) is 14.6. The maximum atomic E-state index is 14.5. The van der Waals surface area contributed by atoms with E-state index < -0.39 is 88.8 Å². The predicted molar refractivity (Wildman–Crippen MR) is 245 cm³/mol. The van der Waals surface area contributed by atoms with Crippen LogP contribution in [0.2, 0.25) is 0 Å². The standard InChI is InChI=1S/C49H70N2O13/c1-11-12-13-14-15-16-17-18-19-24-62-50-26-34-39-44(57)37-36(43(34)56)38-46(32(7)42(37)55)64-49(9,47(38)58)61-25-23-35(60-10)29(4)45(63-33(8)52)31(6)41(54)30(5)40(53)27(2)21-20-22-28(3)48(59)51-39/h20-23,25-27,29-31,35,40-41,45,53-57H,11-19,24H2,1-10H3,(H,51,59)/b21-20+,25-23+,28-22-,50-26-/t27-,29+,30+,31+,35-,40-,41+,45+,49-/m0/s1. The fraction of sp³-hybridized carbons (Fsp3) is 0.592. The highest BCUT2D eigenvalue weighted by Gasteiger charge is 2.50. The van der Waals surface area contributed by atoms with Crippen LogP contribution in [-0.2, 0) is 28.6 Å². The molecule has 0 fully saturated rings. The normalized spacial score (nSPS) is 28.7. The van der Waals surface area contributed by atoms with Crippen molar-refractivity contribution in [3.8, 4) is 23.0 Å². The third kappa shape index (κ3) is 11.8. The molecule has 6 N–H and O–H groups in total. The van der Waals surface area contributed by atoms with Crippen LogP contribution in [-0.4, -0.2) is 93.3 Å². The number of aliphatic hydroxyl groups is 2. The van der Waals surface area contributed by atoms with Crippen LogP contribution in [0.3, 0.4) is 0 Å². The summed E-state index contributed by atoms with van der Waals surface area (Å²) in [7, 11) is 1.44. The van der Waals surface area contributed by atoms with Crippen LogP contribution in [0.25, 0.3) is 10.8 Å². The molecule has 2 aromatic carbocycles. The third-order valence-corrected chi connectivity index (χ3v) is 12.6. The summed E-state index contributed by atoms with van der Waals surface area (Å²) in [4.78, 5) is 46.1. The maximum absolute atomic E-state index is 14.5. The second-order valence-electron chi connectivity index (χ2n) is 17.5. The Bertz CT molecular complexity index is 2090. The lowest BCUT2D eigenvalue weighted by Crippen LogP contribution is -2.46. The van der Waals surface area contributed by atoms with Gasteiger partial charge in [0.15, 0.2) is 5.75 Å². The minimum Gasteiger partial charge on any atom is -0.507 e. The number of aliphatic hydroxyl groups excluding tert-OH is 2. The van der Waals surface area contributed by atoms with E-state index in [2.05, 4.69) is 17.4 Å². The van der Waals surface area contributed by atoms with Crippen molar-refractivity contribution in [1.29, 1.82) is 0 Å². The van der Waals surface area contributed by atoms with E-state index in [4.69, 9.17) is 23.8 Å². The van der Waals surface area contributed by atoms with Crippen LogP contribution in [0.15, 0.2) is 41.3 Å². The van der Waals surface area contributed by atoms with Crippen molar-refractivity contribution >= 4 is 40.3 Å². The number of nitrogens with zero attached hydrogens (tertiary/aromatic N) is 1. The Morgan fingerprint density at radius 1 is 0.875 bits per heavy atom. The summed E-state index contributed by atoms with van der Waals surface area (Å²) in [5.74, 6) is -8.54. The highest BCUT2D eigenvalue weighted by Crippen LogP contribution is 2.55. The second-order valence-corrected chi connectivity index (χ2v) is 17.5. The van der Waals surface area contributed by atoms with E-state index in [1.165, 1.54) is 85.3 Å². The van der Waals surface area contributed by atoms with Gasteiger partial charge in [0.2, 0.25) is 0 Å². The molecule has 0 aliphatic carbocycles. The zero-order valence-corrected chi connectivity index (χ0v) is 39.1. The van der Waals surface area contributed by atoms with E-state index in [0.29, 0.717) is 0 Å². The topological polar surface area (TPSA) is 223 Å². The first-order chi connectivity index (χ1) is 30.3. The van der Waals surface area contributed by atoms with E-state index >= 15 is 0 Å². The summed E-state index contributed by atoms with van der Waals surface area (Å²) in [6.45, 7) is 15.0. The number of oxime groups is 1. The molecule has 3 aliphatic heterocycles. The van der Waals surface area contributed by atoms with Gasteiger partial charge in [0.05, 0.1) is 53.0 Å². The average molecular weight is 895 g/mol. The van der Waals surface area contributed by atoms with Crippen LogP contribution in [0.1, 0.15) is 135 Å². The molecule has 3 aliphatic rings. The number of hydrogen-bond acceptors (Lipinski definition) is 14. The van der Waals surface area contributed by atoms with Crippen LogP contribution in [0, 0.1) is 30.6 Å². The molecular weight excluding hydrogens is 825 g/mol. The number of anilines is 1. The summed E-state index contributed by atoms with van der Waals surface area (Å²) < 4.78 is 23.6. The Labute approximate surface area is 377 Å². The van der Waals surface area contributed by atoms with Crippen molar-refractivity contribution in [2.75, 3.05) is 19.0 Å². The number of nitrogens with one attached hydrogen (secondary N) is 1. The summed E-state index contributed by atoms with van der Waals surface area (Å²) >= 11 is 0. The SMILES string of the molecule is CCCCCCCCCCCO/N=C\c1c2c(O)c3c(O)c(C)c4c(c3c1O)C(=O)[C@@](C)(O/C=C/[C@H](OC)[C@@H](C)[C@@H](OC(C)=O)[C@H](C)[C@H](O)[C@H](C)[C@@H](O)[C@@H](C)/C=C/C=C(/C)C(=O)N2)O4. The number of ether oxygens (including phenoxy) is 4. The number of carbonyl (C=O) groups excluding carboxylic acids is 3. The molecule has 354 valence electrons. The summed E-state index contributed by atoms with van der Waals surface area (Å²) in [5.41, 5.74) is -0.530. The number of carbonyl (C=O) groups is 3. The Morgan fingerprint density at radius 3 is 2.14 bits per heavy atom. The van der Waals surface area contributed by atoms with Crippen molar-refractivity contribution < 1.29 is 63.7 Å². The van der Waals surface area contributed by atoms with Gasteiger partial charge in [-0.2, -0.15) is 0 Å². The van der Waals surface area contributed by atoms with Gasteiger partial charge in [0.25, 0.3) is 11.7 Å². The first kappa shape index (κ1) is 51.5. The fourth-order valence-corrected chi connectivity index (χ4v) is 8.49. The number of esters is 1. The number of methoxy groups -OCH3 is 1. The number of ketones is 1. The minimum absolute atomic E-state index is 0.0438. The molecule has 64 heavy (non-hydrogen) atoms. The fourth-order valence-electron chi connectivity index (χ4n) is 8.49. The number of rotatable bonds is 14. The van der Waals surface area contributed by atoms with Crippen molar-refractivity contribution in [1.82, 2.24) is 0 Å². The van der Waals surface area contributed by atoms with Crippen molar-refractivity contribution in [3.05, 3.63) is 52.8 Å². The molecule has 0 saturated carbocycles. The number of unbranched alkanes of at least 4 members (excludes halogenated alkanes) is 8. The van der Waals surface area contributed by atoms with Crippen molar-refractivity contribution in [3.63, 3.8) is 0 Å². The van der Waals surface area contributed by atoms with Crippen molar-refractivity contribution in [2.45, 2.75) is 150 Å². The Morgan fingerprint density at radius 2 is 1.52 bits per heavy atom. The summed E-state index contributed by atoms with van der Waals surface area (Å²) in [6, 6.07) is 0.